The minimum absolute atomic E-state index is 0.0668. The molecule has 0 aromatic carbocycles. The molecular formula is C19H21NO5S. The lowest BCUT2D eigenvalue weighted by Gasteiger charge is -2.24. The summed E-state index contributed by atoms with van der Waals surface area (Å²) in [6.45, 7) is 4.72. The topological polar surface area (TPSA) is 80.0 Å². The van der Waals surface area contributed by atoms with Gasteiger partial charge in [-0.2, -0.15) is 0 Å². The van der Waals surface area contributed by atoms with Gasteiger partial charge in [-0.1, -0.05) is 6.07 Å². The van der Waals surface area contributed by atoms with Gasteiger partial charge in [0.1, 0.15) is 11.8 Å². The van der Waals surface area contributed by atoms with Crippen molar-refractivity contribution in [2.45, 2.75) is 32.4 Å². The van der Waals surface area contributed by atoms with Crippen LogP contribution < -0.4 is 0 Å². The smallest absolute Gasteiger partial charge is 0.290 e. The zero-order valence-electron chi connectivity index (χ0n) is 14.7. The number of hydrogen-bond donors (Lipinski definition) is 1. The Morgan fingerprint density at radius 3 is 2.81 bits per heavy atom. The first-order valence-electron chi connectivity index (χ1n) is 8.48. The molecule has 1 N–H and O–H groups in total. The van der Waals surface area contributed by atoms with E-state index in [9.17, 15) is 14.7 Å². The molecule has 1 amide bonds. The number of Topliss-reactive ketones (excluding diaryl/α,β-unsaturated/α-hetero) is 1. The SMILES string of the molecule is CC(C)OCCCN1C(=O)C(O)=C(C(=O)c2cccs2)[C@H]1c1ccco1. The van der Waals surface area contributed by atoms with Crippen molar-refractivity contribution in [2.24, 2.45) is 0 Å². The van der Waals surface area contributed by atoms with Gasteiger partial charge in [-0.15, -0.1) is 11.3 Å². The van der Waals surface area contributed by atoms with Gasteiger partial charge >= 0.3 is 0 Å². The molecular weight excluding hydrogens is 354 g/mol. The molecule has 0 radical (unpaired) electrons. The first-order chi connectivity index (χ1) is 12.5. The fourth-order valence-electron chi connectivity index (χ4n) is 2.95. The Hall–Kier alpha value is -2.38. The maximum absolute atomic E-state index is 12.9. The first kappa shape index (κ1) is 18.4. The Labute approximate surface area is 155 Å². The van der Waals surface area contributed by atoms with Gasteiger partial charge in [0.15, 0.2) is 5.76 Å². The summed E-state index contributed by atoms with van der Waals surface area (Å²) in [5.41, 5.74) is 0.0668. The molecule has 26 heavy (non-hydrogen) atoms. The third-order valence-electron chi connectivity index (χ3n) is 4.10. The molecule has 0 spiro atoms. The van der Waals surface area contributed by atoms with Crippen molar-refractivity contribution in [1.29, 1.82) is 0 Å². The summed E-state index contributed by atoms with van der Waals surface area (Å²) in [5.74, 6) is -0.967. The van der Waals surface area contributed by atoms with Crippen LogP contribution in [0.5, 0.6) is 0 Å². The van der Waals surface area contributed by atoms with Crippen LogP contribution in [0, 0.1) is 0 Å². The van der Waals surface area contributed by atoms with Crippen molar-refractivity contribution in [2.75, 3.05) is 13.2 Å². The number of nitrogens with zero attached hydrogens (tertiary/aromatic N) is 1. The van der Waals surface area contributed by atoms with Crippen LogP contribution in [-0.4, -0.2) is 41.0 Å². The molecule has 3 heterocycles. The lowest BCUT2D eigenvalue weighted by Crippen LogP contribution is -2.32. The molecule has 0 unspecified atom stereocenters. The van der Waals surface area contributed by atoms with E-state index in [0.29, 0.717) is 30.2 Å². The van der Waals surface area contributed by atoms with Crippen molar-refractivity contribution in [1.82, 2.24) is 4.90 Å². The summed E-state index contributed by atoms with van der Waals surface area (Å²) in [5, 5.41) is 12.2. The van der Waals surface area contributed by atoms with E-state index in [0.717, 1.165) is 0 Å². The van der Waals surface area contributed by atoms with E-state index in [2.05, 4.69) is 0 Å². The number of furan rings is 1. The number of hydrogen-bond acceptors (Lipinski definition) is 6. The minimum atomic E-state index is -0.730. The van der Waals surface area contributed by atoms with Crippen molar-refractivity contribution in [3.8, 4) is 0 Å². The Kier molecular flexibility index (Phi) is 5.58. The molecule has 6 nitrogen and oxygen atoms in total. The van der Waals surface area contributed by atoms with Crippen molar-refractivity contribution in [3.05, 3.63) is 57.9 Å². The molecule has 2 aromatic heterocycles. The zero-order chi connectivity index (χ0) is 18.7. The predicted octanol–water partition coefficient (Wildman–Crippen LogP) is 3.73. The van der Waals surface area contributed by atoms with Crippen LogP contribution in [0.3, 0.4) is 0 Å². The molecule has 1 aliphatic heterocycles. The minimum Gasteiger partial charge on any atom is -0.503 e. The van der Waals surface area contributed by atoms with Crippen LogP contribution in [0.25, 0.3) is 0 Å². The highest BCUT2D eigenvalue weighted by atomic mass is 32.1. The summed E-state index contributed by atoms with van der Waals surface area (Å²) in [6.07, 6.45) is 2.19. The normalized spacial score (nSPS) is 17.6. The molecule has 1 aliphatic rings. The van der Waals surface area contributed by atoms with Gasteiger partial charge in [0.05, 0.1) is 22.8 Å². The average Bonchev–Trinajstić information content (AvgIpc) is 3.34. The standard InChI is InChI=1S/C19H21NO5S/c1-12(2)24-10-5-8-20-16(13-6-3-9-25-13)15(18(22)19(20)23)17(21)14-7-4-11-26-14/h3-4,6-7,9,11-12,16,22H,5,8,10H2,1-2H3/t16-/m1/s1. The largest absolute Gasteiger partial charge is 0.503 e. The predicted molar refractivity (Wildman–Crippen MR) is 97.2 cm³/mol. The van der Waals surface area contributed by atoms with Crippen molar-refractivity contribution < 1.29 is 23.8 Å². The lowest BCUT2D eigenvalue weighted by molar-refractivity contribution is -0.129. The third kappa shape index (κ3) is 3.59. The Morgan fingerprint density at radius 1 is 1.38 bits per heavy atom. The Morgan fingerprint density at radius 2 is 2.19 bits per heavy atom. The second-order valence-corrected chi connectivity index (χ2v) is 7.21. The summed E-state index contributed by atoms with van der Waals surface area (Å²) < 4.78 is 11.0. The summed E-state index contributed by atoms with van der Waals surface area (Å²) >= 11 is 1.27. The highest BCUT2D eigenvalue weighted by Crippen LogP contribution is 2.39. The highest BCUT2D eigenvalue weighted by Gasteiger charge is 2.45. The maximum Gasteiger partial charge on any atom is 0.290 e. The molecule has 7 heteroatoms. The molecule has 0 aliphatic carbocycles. The number of rotatable bonds is 8. The molecule has 3 rings (SSSR count). The van der Waals surface area contributed by atoms with Crippen LogP contribution in [-0.2, 0) is 9.53 Å². The molecule has 2 aromatic rings. The van der Waals surface area contributed by atoms with Gasteiger partial charge in [-0.3, -0.25) is 9.59 Å². The van der Waals surface area contributed by atoms with Gasteiger partial charge in [0.25, 0.3) is 5.91 Å². The monoisotopic (exact) mass is 375 g/mol. The van der Waals surface area contributed by atoms with E-state index in [-0.39, 0.29) is 17.5 Å². The second kappa shape index (κ2) is 7.88. The number of amides is 1. The lowest BCUT2D eigenvalue weighted by atomic mass is 10.00. The Bertz CT molecular complexity index is 792. The van der Waals surface area contributed by atoms with Crippen molar-refractivity contribution >= 4 is 23.0 Å². The van der Waals surface area contributed by atoms with Crippen LogP contribution in [0.1, 0.15) is 41.7 Å². The first-order valence-corrected chi connectivity index (χ1v) is 9.36. The van der Waals surface area contributed by atoms with E-state index >= 15 is 0 Å². The molecule has 0 fully saturated rings. The summed E-state index contributed by atoms with van der Waals surface area (Å²) in [6, 6.07) is 6.11. The van der Waals surface area contributed by atoms with Gasteiger partial charge in [-0.25, -0.2) is 0 Å². The third-order valence-corrected chi connectivity index (χ3v) is 4.97. The maximum atomic E-state index is 12.9. The summed E-state index contributed by atoms with van der Waals surface area (Å²) in [4.78, 5) is 27.4. The quantitative estimate of drug-likeness (QED) is 0.562. The number of ketones is 1. The molecule has 0 bridgehead atoms. The van der Waals surface area contributed by atoms with E-state index in [4.69, 9.17) is 9.15 Å². The number of carbonyl (C=O) groups is 2. The number of aliphatic hydroxyl groups is 1. The fourth-order valence-corrected chi connectivity index (χ4v) is 3.63. The van der Waals surface area contributed by atoms with Gasteiger partial charge in [0, 0.05) is 13.2 Å². The van der Waals surface area contributed by atoms with E-state index < -0.39 is 17.7 Å². The molecule has 0 saturated heterocycles. The molecule has 1 atom stereocenters. The summed E-state index contributed by atoms with van der Waals surface area (Å²) in [7, 11) is 0. The molecule has 138 valence electrons. The highest BCUT2D eigenvalue weighted by molar-refractivity contribution is 7.12. The van der Waals surface area contributed by atoms with Crippen LogP contribution in [0.15, 0.2) is 51.7 Å². The van der Waals surface area contributed by atoms with Crippen LogP contribution in [0.4, 0.5) is 0 Å². The van der Waals surface area contributed by atoms with Crippen LogP contribution in [0.2, 0.25) is 0 Å². The number of aliphatic hydroxyl groups excluding tert-OH is 1. The van der Waals surface area contributed by atoms with E-state index in [1.807, 2.05) is 13.8 Å². The van der Waals surface area contributed by atoms with Crippen molar-refractivity contribution in [3.63, 3.8) is 0 Å². The second-order valence-electron chi connectivity index (χ2n) is 6.26. The van der Waals surface area contributed by atoms with E-state index in [1.54, 1.807) is 29.6 Å². The number of ether oxygens (including phenoxy) is 1. The van der Waals surface area contributed by atoms with Gasteiger partial charge in [-0.05, 0) is 43.8 Å². The Balaban J connectivity index is 1.87. The van der Waals surface area contributed by atoms with Gasteiger partial charge < -0.3 is 19.2 Å². The zero-order valence-corrected chi connectivity index (χ0v) is 15.5. The van der Waals surface area contributed by atoms with Crippen LogP contribution >= 0.6 is 11.3 Å². The number of carbonyl (C=O) groups excluding carboxylic acids is 2. The fraction of sp³-hybridized carbons (Fsp3) is 0.368. The molecule has 0 saturated carbocycles. The van der Waals surface area contributed by atoms with Gasteiger partial charge in [0.2, 0.25) is 5.78 Å². The number of thiophene rings is 1. The average molecular weight is 375 g/mol. The van der Waals surface area contributed by atoms with E-state index in [1.165, 1.54) is 22.5 Å².